The maximum absolute atomic E-state index is 12.1. The Bertz CT molecular complexity index is 519. The molecule has 0 spiro atoms. The number of benzene rings is 1. The van der Waals surface area contributed by atoms with Gasteiger partial charge in [-0.25, -0.2) is 4.79 Å². The average molecular weight is 320 g/mol. The van der Waals surface area contributed by atoms with Crippen molar-refractivity contribution in [3.63, 3.8) is 0 Å². The van der Waals surface area contributed by atoms with Gasteiger partial charge in [-0.2, -0.15) is 0 Å². The Morgan fingerprint density at radius 2 is 2.09 bits per heavy atom. The lowest BCUT2D eigenvalue weighted by atomic mass is 9.96. The SMILES string of the molecule is COc1ccc(CNC(=O)NC2CCCCCC2CO)cc1C. The van der Waals surface area contributed by atoms with Crippen LogP contribution in [0.3, 0.4) is 0 Å². The number of methoxy groups -OCH3 is 1. The van der Waals surface area contributed by atoms with Gasteiger partial charge in [0.2, 0.25) is 0 Å². The number of hydrogen-bond acceptors (Lipinski definition) is 3. The van der Waals surface area contributed by atoms with Crippen molar-refractivity contribution in [3.05, 3.63) is 29.3 Å². The van der Waals surface area contributed by atoms with E-state index in [0.29, 0.717) is 6.54 Å². The third-order valence-corrected chi connectivity index (χ3v) is 4.62. The van der Waals surface area contributed by atoms with E-state index in [1.54, 1.807) is 7.11 Å². The standard InChI is InChI=1S/C18H28N2O3/c1-13-10-14(8-9-17(13)23-2)11-19-18(22)20-16-7-5-3-4-6-15(16)12-21/h8-10,15-16,21H,3-7,11-12H2,1-2H3,(H2,19,20,22). The van der Waals surface area contributed by atoms with Gasteiger partial charge >= 0.3 is 6.03 Å². The highest BCUT2D eigenvalue weighted by atomic mass is 16.5. The topological polar surface area (TPSA) is 70.6 Å². The number of urea groups is 1. The van der Waals surface area contributed by atoms with E-state index >= 15 is 0 Å². The van der Waals surface area contributed by atoms with Gasteiger partial charge < -0.3 is 20.5 Å². The summed E-state index contributed by atoms with van der Waals surface area (Å²) >= 11 is 0. The van der Waals surface area contributed by atoms with Crippen LogP contribution in [0.2, 0.25) is 0 Å². The van der Waals surface area contributed by atoms with Crippen molar-refractivity contribution in [1.82, 2.24) is 10.6 Å². The van der Waals surface area contributed by atoms with Crippen LogP contribution in [0.25, 0.3) is 0 Å². The molecule has 2 rings (SSSR count). The summed E-state index contributed by atoms with van der Waals surface area (Å²) in [4.78, 5) is 12.1. The summed E-state index contributed by atoms with van der Waals surface area (Å²) in [5, 5.41) is 15.4. The van der Waals surface area contributed by atoms with Crippen LogP contribution in [-0.2, 0) is 6.54 Å². The smallest absolute Gasteiger partial charge is 0.315 e. The van der Waals surface area contributed by atoms with Crippen molar-refractivity contribution < 1.29 is 14.6 Å². The number of carbonyl (C=O) groups excluding carboxylic acids is 1. The fourth-order valence-electron chi connectivity index (χ4n) is 3.25. The number of nitrogens with one attached hydrogen (secondary N) is 2. The molecule has 0 saturated heterocycles. The molecule has 1 fully saturated rings. The Hall–Kier alpha value is -1.75. The molecule has 0 aliphatic heterocycles. The van der Waals surface area contributed by atoms with E-state index in [1.165, 1.54) is 6.42 Å². The number of aliphatic hydroxyl groups is 1. The van der Waals surface area contributed by atoms with Crippen LogP contribution in [0.1, 0.15) is 43.2 Å². The van der Waals surface area contributed by atoms with E-state index in [-0.39, 0.29) is 24.6 Å². The van der Waals surface area contributed by atoms with Crippen molar-refractivity contribution in [1.29, 1.82) is 0 Å². The molecule has 5 nitrogen and oxygen atoms in total. The summed E-state index contributed by atoms with van der Waals surface area (Å²) in [5.41, 5.74) is 2.09. The zero-order valence-corrected chi connectivity index (χ0v) is 14.1. The maximum Gasteiger partial charge on any atom is 0.315 e. The highest BCUT2D eigenvalue weighted by molar-refractivity contribution is 5.74. The van der Waals surface area contributed by atoms with Crippen LogP contribution in [0, 0.1) is 12.8 Å². The number of aliphatic hydroxyl groups excluding tert-OH is 1. The van der Waals surface area contributed by atoms with Crippen LogP contribution < -0.4 is 15.4 Å². The second-order valence-electron chi connectivity index (χ2n) is 6.32. The van der Waals surface area contributed by atoms with E-state index in [1.807, 2.05) is 25.1 Å². The largest absolute Gasteiger partial charge is 0.496 e. The van der Waals surface area contributed by atoms with Crippen LogP contribution >= 0.6 is 0 Å². The summed E-state index contributed by atoms with van der Waals surface area (Å²) in [5.74, 6) is 1.02. The summed E-state index contributed by atoms with van der Waals surface area (Å²) in [6, 6.07) is 5.79. The predicted octanol–water partition coefficient (Wildman–Crippen LogP) is 2.74. The first-order chi connectivity index (χ1) is 11.1. The summed E-state index contributed by atoms with van der Waals surface area (Å²) < 4.78 is 5.24. The summed E-state index contributed by atoms with van der Waals surface area (Å²) in [7, 11) is 1.65. The molecule has 0 radical (unpaired) electrons. The first-order valence-electron chi connectivity index (χ1n) is 8.42. The second kappa shape index (κ2) is 8.77. The van der Waals surface area contributed by atoms with Gasteiger partial charge in [0.05, 0.1) is 7.11 Å². The quantitative estimate of drug-likeness (QED) is 0.731. The number of amides is 2. The first-order valence-corrected chi connectivity index (χ1v) is 8.42. The zero-order chi connectivity index (χ0) is 16.7. The summed E-state index contributed by atoms with van der Waals surface area (Å²) in [6.45, 7) is 2.61. The van der Waals surface area contributed by atoms with Gasteiger partial charge in [0.25, 0.3) is 0 Å². The molecule has 3 N–H and O–H groups in total. The van der Waals surface area contributed by atoms with Gasteiger partial charge in [-0.15, -0.1) is 0 Å². The molecule has 2 unspecified atom stereocenters. The minimum atomic E-state index is -0.163. The average Bonchev–Trinajstić information content (AvgIpc) is 2.78. The van der Waals surface area contributed by atoms with E-state index in [9.17, 15) is 9.90 Å². The molecule has 1 aromatic rings. The Kier molecular flexibility index (Phi) is 6.71. The number of carbonyl (C=O) groups is 1. The molecular formula is C18H28N2O3. The molecule has 128 valence electrons. The molecule has 1 saturated carbocycles. The normalized spacial score (nSPS) is 21.3. The minimum Gasteiger partial charge on any atom is -0.496 e. The van der Waals surface area contributed by atoms with Gasteiger partial charge in [-0.05, 0) is 37.0 Å². The number of hydrogen-bond donors (Lipinski definition) is 3. The van der Waals surface area contributed by atoms with Gasteiger partial charge in [0.1, 0.15) is 5.75 Å². The maximum atomic E-state index is 12.1. The van der Waals surface area contributed by atoms with Crippen molar-refractivity contribution >= 4 is 6.03 Å². The molecule has 1 aliphatic carbocycles. The fourth-order valence-corrected chi connectivity index (χ4v) is 3.25. The first kappa shape index (κ1) is 17.6. The third-order valence-electron chi connectivity index (χ3n) is 4.62. The van der Waals surface area contributed by atoms with Crippen molar-refractivity contribution in [2.24, 2.45) is 5.92 Å². The van der Waals surface area contributed by atoms with E-state index < -0.39 is 0 Å². The molecule has 2 atom stereocenters. The Balaban J connectivity index is 1.85. The fraction of sp³-hybridized carbons (Fsp3) is 0.611. The Morgan fingerprint density at radius 3 is 2.78 bits per heavy atom. The van der Waals surface area contributed by atoms with E-state index in [4.69, 9.17) is 4.74 Å². The molecule has 0 heterocycles. The van der Waals surface area contributed by atoms with Crippen LogP contribution in [-0.4, -0.2) is 30.9 Å². The lowest BCUT2D eigenvalue weighted by Crippen LogP contribution is -2.45. The zero-order valence-electron chi connectivity index (χ0n) is 14.1. The van der Waals surface area contributed by atoms with Crippen LogP contribution in [0.5, 0.6) is 5.75 Å². The monoisotopic (exact) mass is 320 g/mol. The molecule has 5 heteroatoms. The van der Waals surface area contributed by atoms with Crippen LogP contribution in [0.4, 0.5) is 4.79 Å². The van der Waals surface area contributed by atoms with Crippen molar-refractivity contribution in [2.45, 2.75) is 51.6 Å². The third kappa shape index (κ3) is 5.13. The lowest BCUT2D eigenvalue weighted by Gasteiger charge is -2.24. The van der Waals surface area contributed by atoms with E-state index in [0.717, 1.165) is 42.6 Å². The number of rotatable bonds is 5. The highest BCUT2D eigenvalue weighted by Crippen LogP contribution is 2.23. The van der Waals surface area contributed by atoms with E-state index in [2.05, 4.69) is 10.6 Å². The summed E-state index contributed by atoms with van der Waals surface area (Å²) in [6.07, 6.45) is 5.36. The van der Waals surface area contributed by atoms with Gasteiger partial charge in [0, 0.05) is 25.1 Å². The highest BCUT2D eigenvalue weighted by Gasteiger charge is 2.24. The predicted molar refractivity (Wildman–Crippen MR) is 90.6 cm³/mol. The second-order valence-corrected chi connectivity index (χ2v) is 6.32. The lowest BCUT2D eigenvalue weighted by molar-refractivity contribution is 0.179. The molecule has 1 aromatic carbocycles. The molecule has 0 aromatic heterocycles. The molecular weight excluding hydrogens is 292 g/mol. The molecule has 2 amide bonds. The Morgan fingerprint density at radius 1 is 1.30 bits per heavy atom. The molecule has 1 aliphatic rings. The van der Waals surface area contributed by atoms with Crippen molar-refractivity contribution in [2.75, 3.05) is 13.7 Å². The van der Waals surface area contributed by atoms with Gasteiger partial charge in [0.15, 0.2) is 0 Å². The van der Waals surface area contributed by atoms with Gasteiger partial charge in [-0.1, -0.05) is 31.4 Å². The number of aryl methyl sites for hydroxylation is 1. The van der Waals surface area contributed by atoms with Crippen molar-refractivity contribution in [3.8, 4) is 5.75 Å². The number of ether oxygens (including phenoxy) is 1. The molecule has 0 bridgehead atoms. The minimum absolute atomic E-state index is 0.0695. The Labute approximate surface area is 138 Å². The van der Waals surface area contributed by atoms with Gasteiger partial charge in [-0.3, -0.25) is 0 Å². The molecule has 23 heavy (non-hydrogen) atoms. The van der Waals surface area contributed by atoms with Crippen LogP contribution in [0.15, 0.2) is 18.2 Å².